The van der Waals surface area contributed by atoms with Gasteiger partial charge in [-0.3, -0.25) is 14.4 Å². The number of aliphatic carboxylic acids is 1. The zero-order valence-electron chi connectivity index (χ0n) is 20.9. The first kappa shape index (κ1) is 26.7. The second-order valence-electron chi connectivity index (χ2n) is 9.30. The fraction of sp³-hybridized carbons (Fsp3) is 0.233. The summed E-state index contributed by atoms with van der Waals surface area (Å²) in [6, 6.07) is 18.2. The number of carbonyl (C=O) groups is 2. The number of nitrogens with one attached hydrogen (secondary N) is 1. The average molecular weight is 519 g/mol. The number of halogens is 2. The minimum absolute atomic E-state index is 0.0341. The molecule has 0 fully saturated rings. The summed E-state index contributed by atoms with van der Waals surface area (Å²) in [5, 5.41) is 12.9. The van der Waals surface area contributed by atoms with Crippen LogP contribution in [-0.4, -0.2) is 21.6 Å². The predicted octanol–water partition coefficient (Wildman–Crippen LogP) is 5.62. The van der Waals surface area contributed by atoms with Crippen molar-refractivity contribution in [2.75, 3.05) is 0 Å². The number of fused-ring (bicyclic) bond motifs is 1. The third kappa shape index (κ3) is 6.51. The maximum atomic E-state index is 13.5. The lowest BCUT2D eigenvalue weighted by molar-refractivity contribution is -0.137. The number of amides is 1. The highest BCUT2D eigenvalue weighted by molar-refractivity contribution is 5.98. The molecule has 6 nitrogen and oxygen atoms in total. The number of benzene rings is 3. The largest absolute Gasteiger partial charge is 0.481 e. The summed E-state index contributed by atoms with van der Waals surface area (Å²) in [5.41, 5.74) is 2.35. The van der Waals surface area contributed by atoms with Crippen LogP contribution < -0.4 is 10.9 Å². The van der Waals surface area contributed by atoms with Crippen molar-refractivity contribution in [3.63, 3.8) is 0 Å². The van der Waals surface area contributed by atoms with E-state index < -0.39 is 5.97 Å². The van der Waals surface area contributed by atoms with Crippen LogP contribution in [0.25, 0.3) is 10.8 Å². The zero-order chi connectivity index (χ0) is 27.2. The van der Waals surface area contributed by atoms with Gasteiger partial charge in [-0.2, -0.15) is 0 Å². The average Bonchev–Trinajstić information content (AvgIpc) is 2.89. The lowest BCUT2D eigenvalue weighted by atomic mass is 10.0. The third-order valence-corrected chi connectivity index (χ3v) is 6.50. The lowest BCUT2D eigenvalue weighted by Crippen LogP contribution is -2.27. The highest BCUT2D eigenvalue weighted by Crippen LogP contribution is 2.20. The number of aryl methyl sites for hydroxylation is 1. The number of hydrogen-bond acceptors (Lipinski definition) is 3. The molecule has 0 saturated heterocycles. The van der Waals surface area contributed by atoms with Crippen LogP contribution in [0.2, 0.25) is 0 Å². The number of carboxylic acids is 1. The van der Waals surface area contributed by atoms with E-state index in [0.29, 0.717) is 41.3 Å². The van der Waals surface area contributed by atoms with E-state index in [9.17, 15) is 23.2 Å². The normalized spacial score (nSPS) is 11.9. The van der Waals surface area contributed by atoms with Gasteiger partial charge in [0, 0.05) is 23.1 Å². The number of pyridine rings is 1. The van der Waals surface area contributed by atoms with Crippen molar-refractivity contribution < 1.29 is 23.5 Å². The monoisotopic (exact) mass is 518 g/mol. The Morgan fingerprint density at radius 1 is 0.921 bits per heavy atom. The molecule has 196 valence electrons. The molecule has 1 atom stereocenters. The van der Waals surface area contributed by atoms with Gasteiger partial charge in [0.25, 0.3) is 11.5 Å². The minimum Gasteiger partial charge on any atom is -0.481 e. The van der Waals surface area contributed by atoms with Crippen LogP contribution >= 0.6 is 0 Å². The van der Waals surface area contributed by atoms with E-state index in [-0.39, 0.29) is 42.1 Å². The van der Waals surface area contributed by atoms with Gasteiger partial charge in [-0.05, 0) is 91.2 Å². The summed E-state index contributed by atoms with van der Waals surface area (Å²) in [6.07, 6.45) is 1.53. The molecular weight excluding hydrogens is 490 g/mol. The molecule has 38 heavy (non-hydrogen) atoms. The van der Waals surface area contributed by atoms with E-state index in [0.717, 1.165) is 11.1 Å². The second-order valence-corrected chi connectivity index (χ2v) is 9.30. The fourth-order valence-electron chi connectivity index (χ4n) is 4.40. The van der Waals surface area contributed by atoms with E-state index in [1.54, 1.807) is 54.0 Å². The van der Waals surface area contributed by atoms with Gasteiger partial charge in [0.1, 0.15) is 11.6 Å². The van der Waals surface area contributed by atoms with Gasteiger partial charge in [0.15, 0.2) is 0 Å². The molecule has 1 aromatic heterocycles. The molecular formula is C30H28F2N2O4. The van der Waals surface area contributed by atoms with Crippen LogP contribution in [0, 0.1) is 11.6 Å². The van der Waals surface area contributed by atoms with E-state index in [4.69, 9.17) is 5.11 Å². The van der Waals surface area contributed by atoms with Crippen LogP contribution in [0.5, 0.6) is 0 Å². The first-order valence-electron chi connectivity index (χ1n) is 12.4. The Hall–Kier alpha value is -4.33. The molecule has 0 aliphatic heterocycles. The lowest BCUT2D eigenvalue weighted by Gasteiger charge is -2.17. The third-order valence-electron chi connectivity index (χ3n) is 6.50. The molecule has 1 unspecified atom stereocenters. The van der Waals surface area contributed by atoms with Crippen LogP contribution in [0.1, 0.15) is 59.4 Å². The quantitative estimate of drug-likeness (QED) is 0.267. The molecule has 3 aromatic carbocycles. The molecule has 0 saturated carbocycles. The fourth-order valence-corrected chi connectivity index (χ4v) is 4.40. The van der Waals surface area contributed by atoms with Crippen molar-refractivity contribution in [2.45, 2.75) is 45.2 Å². The van der Waals surface area contributed by atoms with Gasteiger partial charge < -0.3 is 15.0 Å². The Morgan fingerprint density at radius 3 is 2.24 bits per heavy atom. The molecule has 4 rings (SSSR count). The molecule has 1 heterocycles. The minimum atomic E-state index is -0.877. The van der Waals surface area contributed by atoms with Crippen molar-refractivity contribution in [2.24, 2.45) is 0 Å². The summed E-state index contributed by atoms with van der Waals surface area (Å²) in [7, 11) is 0. The number of aromatic nitrogens is 1. The highest BCUT2D eigenvalue weighted by atomic mass is 19.1. The first-order chi connectivity index (χ1) is 18.2. The Morgan fingerprint density at radius 2 is 1.58 bits per heavy atom. The number of unbranched alkanes of at least 4 members (excludes halogenated alkanes) is 1. The maximum absolute atomic E-state index is 13.5. The molecule has 0 radical (unpaired) electrons. The van der Waals surface area contributed by atoms with E-state index in [1.807, 2.05) is 6.07 Å². The molecule has 4 aromatic rings. The summed E-state index contributed by atoms with van der Waals surface area (Å²) in [5.74, 6) is -1.93. The second kappa shape index (κ2) is 11.8. The van der Waals surface area contributed by atoms with Crippen LogP contribution in [-0.2, 0) is 17.8 Å². The van der Waals surface area contributed by atoms with Crippen LogP contribution in [0.15, 0.2) is 77.6 Å². The summed E-state index contributed by atoms with van der Waals surface area (Å²) < 4.78 is 28.2. The molecule has 0 bridgehead atoms. The summed E-state index contributed by atoms with van der Waals surface area (Å²) in [4.78, 5) is 37.4. The van der Waals surface area contributed by atoms with Crippen LogP contribution in [0.4, 0.5) is 8.78 Å². The van der Waals surface area contributed by atoms with E-state index in [1.165, 1.54) is 24.3 Å². The van der Waals surface area contributed by atoms with Gasteiger partial charge in [-0.15, -0.1) is 0 Å². The maximum Gasteiger partial charge on any atom is 0.303 e. The van der Waals surface area contributed by atoms with Gasteiger partial charge in [-0.25, -0.2) is 8.78 Å². The molecule has 0 spiro atoms. The van der Waals surface area contributed by atoms with Crippen molar-refractivity contribution in [3.05, 3.63) is 117 Å². The number of rotatable bonds is 10. The molecule has 1 amide bonds. The van der Waals surface area contributed by atoms with Gasteiger partial charge in [0.2, 0.25) is 0 Å². The molecule has 0 aliphatic carbocycles. The Balaban J connectivity index is 1.64. The Labute approximate surface area is 218 Å². The van der Waals surface area contributed by atoms with Crippen LogP contribution in [0.3, 0.4) is 0 Å². The highest BCUT2D eigenvalue weighted by Gasteiger charge is 2.15. The number of carboxylic acid groups (broad SMARTS) is 1. The predicted molar refractivity (Wildman–Crippen MR) is 141 cm³/mol. The molecule has 8 heteroatoms. The zero-order valence-corrected chi connectivity index (χ0v) is 20.9. The Bertz CT molecular complexity index is 1510. The van der Waals surface area contributed by atoms with Crippen molar-refractivity contribution in [1.29, 1.82) is 0 Å². The molecule has 2 N–H and O–H groups in total. The smallest absolute Gasteiger partial charge is 0.303 e. The van der Waals surface area contributed by atoms with Crippen molar-refractivity contribution in [1.82, 2.24) is 9.88 Å². The first-order valence-corrected chi connectivity index (χ1v) is 12.4. The van der Waals surface area contributed by atoms with E-state index >= 15 is 0 Å². The number of carbonyl (C=O) groups excluding carboxylic acids is 1. The SMILES string of the molecule is CC(NC(=O)c1ccc2c(=O)n(Cc3ccc(F)cc3)c(CCCCC(=O)O)cc2c1)c1ccc(F)cc1. The molecule has 0 aliphatic rings. The van der Waals surface area contributed by atoms with Gasteiger partial charge in [-0.1, -0.05) is 24.3 Å². The Kier molecular flexibility index (Phi) is 8.31. The van der Waals surface area contributed by atoms with Crippen molar-refractivity contribution >= 4 is 22.6 Å². The van der Waals surface area contributed by atoms with E-state index in [2.05, 4.69) is 5.32 Å². The van der Waals surface area contributed by atoms with Gasteiger partial charge >= 0.3 is 5.97 Å². The number of nitrogens with zero attached hydrogens (tertiary/aromatic N) is 1. The van der Waals surface area contributed by atoms with Gasteiger partial charge in [0.05, 0.1) is 12.6 Å². The standard InChI is InChI=1S/C30H28F2N2O4/c1-19(21-8-13-25(32)14-9-21)33-29(37)22-10-15-27-23(16-22)17-26(4-2-3-5-28(35)36)34(30(27)38)18-20-6-11-24(31)12-7-20/h6-17,19H,2-5,18H2,1H3,(H,33,37)(H,35,36). The number of hydrogen-bond donors (Lipinski definition) is 2. The summed E-state index contributed by atoms with van der Waals surface area (Å²) in [6.45, 7) is 2.04. The topological polar surface area (TPSA) is 88.4 Å². The summed E-state index contributed by atoms with van der Waals surface area (Å²) >= 11 is 0. The van der Waals surface area contributed by atoms with Crippen molar-refractivity contribution in [3.8, 4) is 0 Å².